The van der Waals surface area contributed by atoms with Crippen molar-refractivity contribution in [2.45, 2.75) is 6.04 Å². The van der Waals surface area contributed by atoms with Crippen LogP contribution in [0, 0.1) is 0 Å². The average Bonchev–Trinajstić information content (AvgIpc) is 2.39. The zero-order valence-corrected chi connectivity index (χ0v) is 9.51. The van der Waals surface area contributed by atoms with Crippen LogP contribution in [0.25, 0.3) is 0 Å². The Morgan fingerprint density at radius 1 is 1.47 bits per heavy atom. The maximum absolute atomic E-state index is 12.1. The molecule has 0 bridgehead atoms. The van der Waals surface area contributed by atoms with Crippen LogP contribution in [-0.4, -0.2) is 43.0 Å². The molecule has 6 heteroatoms. The van der Waals surface area contributed by atoms with E-state index in [1.54, 1.807) is 36.5 Å². The van der Waals surface area contributed by atoms with E-state index in [-0.39, 0.29) is 24.4 Å². The predicted molar refractivity (Wildman–Crippen MR) is 62.4 cm³/mol. The molecule has 0 spiro atoms. The van der Waals surface area contributed by atoms with Gasteiger partial charge in [-0.15, -0.1) is 0 Å². The van der Waals surface area contributed by atoms with Gasteiger partial charge in [0.25, 0.3) is 0 Å². The van der Waals surface area contributed by atoms with E-state index in [0.29, 0.717) is 6.54 Å². The Bertz CT molecular complexity index is 411. The van der Waals surface area contributed by atoms with Gasteiger partial charge in [0.2, 0.25) is 11.8 Å². The summed E-state index contributed by atoms with van der Waals surface area (Å²) in [4.78, 5) is 28.5. The highest BCUT2D eigenvalue weighted by molar-refractivity contribution is 5.98. The predicted octanol–water partition coefficient (Wildman–Crippen LogP) is -0.868. The number of rotatable bonds is 2. The number of pyridine rings is 1. The summed E-state index contributed by atoms with van der Waals surface area (Å²) in [6.45, 7) is 0.508. The van der Waals surface area contributed by atoms with E-state index >= 15 is 0 Å². The Labute approximate surface area is 99.0 Å². The number of piperazine rings is 1. The zero-order valence-electron chi connectivity index (χ0n) is 9.51. The minimum absolute atomic E-state index is 0.0730. The van der Waals surface area contributed by atoms with Crippen molar-refractivity contribution in [2.75, 3.05) is 25.0 Å². The summed E-state index contributed by atoms with van der Waals surface area (Å²) in [5.41, 5.74) is 0.781. The van der Waals surface area contributed by atoms with Gasteiger partial charge in [-0.25, -0.2) is 0 Å². The number of carbonyl (C=O) groups is 2. The average molecular weight is 234 g/mol. The molecule has 1 aliphatic rings. The highest BCUT2D eigenvalue weighted by atomic mass is 16.2. The van der Waals surface area contributed by atoms with Crippen LogP contribution >= 0.6 is 0 Å². The summed E-state index contributed by atoms with van der Waals surface area (Å²) in [6, 6.07) is 3.16. The smallest absolute Gasteiger partial charge is 0.245 e. The molecule has 0 radical (unpaired) electrons. The molecule has 1 aromatic heterocycles. The molecule has 0 aliphatic carbocycles. The minimum Gasteiger partial charge on any atom is -0.353 e. The van der Waals surface area contributed by atoms with E-state index in [1.165, 1.54) is 0 Å². The van der Waals surface area contributed by atoms with Crippen LogP contribution in [0.3, 0.4) is 0 Å². The van der Waals surface area contributed by atoms with Crippen LogP contribution in [0.2, 0.25) is 0 Å². The maximum Gasteiger partial charge on any atom is 0.245 e. The van der Waals surface area contributed by atoms with Gasteiger partial charge in [-0.3, -0.25) is 19.9 Å². The van der Waals surface area contributed by atoms with Crippen molar-refractivity contribution >= 4 is 17.5 Å². The second-order valence-electron chi connectivity index (χ2n) is 3.84. The Balaban J connectivity index is 2.03. The van der Waals surface area contributed by atoms with Crippen LogP contribution in [0.4, 0.5) is 5.69 Å². The van der Waals surface area contributed by atoms with Crippen LogP contribution in [-0.2, 0) is 9.59 Å². The van der Waals surface area contributed by atoms with Gasteiger partial charge in [0.15, 0.2) is 0 Å². The number of nitrogens with zero attached hydrogens (tertiary/aromatic N) is 2. The molecule has 0 saturated carbocycles. The fourth-order valence-electron chi connectivity index (χ4n) is 1.67. The molecule has 1 fully saturated rings. The molecule has 0 aromatic carbocycles. The van der Waals surface area contributed by atoms with E-state index in [9.17, 15) is 9.59 Å². The van der Waals surface area contributed by atoms with E-state index < -0.39 is 0 Å². The minimum atomic E-state index is -0.370. The van der Waals surface area contributed by atoms with Crippen molar-refractivity contribution < 1.29 is 9.59 Å². The summed E-state index contributed by atoms with van der Waals surface area (Å²) >= 11 is 0. The lowest BCUT2D eigenvalue weighted by Gasteiger charge is -2.27. The molecule has 17 heavy (non-hydrogen) atoms. The van der Waals surface area contributed by atoms with Gasteiger partial charge in [0, 0.05) is 31.7 Å². The van der Waals surface area contributed by atoms with E-state index in [0.717, 1.165) is 5.69 Å². The zero-order chi connectivity index (χ0) is 12.3. The Morgan fingerprint density at radius 2 is 2.18 bits per heavy atom. The molecular weight excluding hydrogens is 220 g/mol. The lowest BCUT2D eigenvalue weighted by Crippen LogP contribution is -2.58. The number of carbonyl (C=O) groups excluding carboxylic acids is 2. The van der Waals surface area contributed by atoms with E-state index in [2.05, 4.69) is 15.6 Å². The van der Waals surface area contributed by atoms with Crippen molar-refractivity contribution in [1.29, 1.82) is 0 Å². The van der Waals surface area contributed by atoms with Gasteiger partial charge in [-0.2, -0.15) is 0 Å². The third-order valence-electron chi connectivity index (χ3n) is 2.69. The van der Waals surface area contributed by atoms with Crippen LogP contribution in [0.5, 0.6) is 0 Å². The molecule has 1 aromatic rings. The Hall–Kier alpha value is -1.95. The number of hydrogen-bond acceptors (Lipinski definition) is 4. The van der Waals surface area contributed by atoms with Gasteiger partial charge >= 0.3 is 0 Å². The third kappa shape index (κ3) is 2.59. The second-order valence-corrected chi connectivity index (χ2v) is 3.84. The van der Waals surface area contributed by atoms with Gasteiger partial charge in [-0.1, -0.05) is 0 Å². The maximum atomic E-state index is 12.1. The summed E-state index contributed by atoms with van der Waals surface area (Å²) in [7, 11) is 1.70. The van der Waals surface area contributed by atoms with Gasteiger partial charge in [-0.05, 0) is 12.1 Å². The first-order chi connectivity index (χ1) is 8.18. The molecule has 2 rings (SSSR count). The summed E-state index contributed by atoms with van der Waals surface area (Å²) in [5, 5.41) is 5.56. The van der Waals surface area contributed by atoms with Crippen LogP contribution in [0.15, 0.2) is 24.5 Å². The van der Waals surface area contributed by atoms with E-state index in [1.807, 2.05) is 0 Å². The van der Waals surface area contributed by atoms with Gasteiger partial charge in [0.1, 0.15) is 6.04 Å². The molecule has 2 N–H and O–H groups in total. The molecule has 1 atom stereocenters. The van der Waals surface area contributed by atoms with Gasteiger partial charge < -0.3 is 10.2 Å². The number of anilines is 1. The fraction of sp³-hybridized carbons (Fsp3) is 0.364. The first kappa shape index (κ1) is 11.5. The highest BCUT2D eigenvalue weighted by Gasteiger charge is 2.26. The van der Waals surface area contributed by atoms with Crippen LogP contribution in [0.1, 0.15) is 0 Å². The van der Waals surface area contributed by atoms with Gasteiger partial charge in [0.05, 0.1) is 6.54 Å². The first-order valence-corrected chi connectivity index (χ1v) is 5.36. The third-order valence-corrected chi connectivity index (χ3v) is 2.69. The van der Waals surface area contributed by atoms with Crippen LogP contribution < -0.4 is 15.5 Å². The summed E-state index contributed by atoms with van der Waals surface area (Å²) in [6.07, 6.45) is 3.27. The normalized spacial score (nSPS) is 19.6. The molecule has 2 amide bonds. The molecule has 90 valence electrons. The van der Waals surface area contributed by atoms with Crippen molar-refractivity contribution in [3.63, 3.8) is 0 Å². The fourth-order valence-corrected chi connectivity index (χ4v) is 1.67. The van der Waals surface area contributed by atoms with Crippen molar-refractivity contribution in [1.82, 2.24) is 15.6 Å². The number of amides is 2. The molecular formula is C11H14N4O2. The molecule has 2 heterocycles. The summed E-state index contributed by atoms with van der Waals surface area (Å²) in [5.74, 6) is -0.156. The number of nitrogens with one attached hydrogen (secondary N) is 2. The highest BCUT2D eigenvalue weighted by Crippen LogP contribution is 2.11. The second kappa shape index (κ2) is 4.92. The first-order valence-electron chi connectivity index (χ1n) is 5.36. The SMILES string of the molecule is CN(C(=O)C1CNC(=O)CN1)c1ccncc1. The van der Waals surface area contributed by atoms with Crippen molar-refractivity contribution in [3.8, 4) is 0 Å². The lowest BCUT2D eigenvalue weighted by atomic mass is 10.2. The Morgan fingerprint density at radius 3 is 2.76 bits per heavy atom. The van der Waals surface area contributed by atoms with E-state index in [4.69, 9.17) is 0 Å². The largest absolute Gasteiger partial charge is 0.353 e. The molecule has 1 saturated heterocycles. The topological polar surface area (TPSA) is 74.3 Å². The Kier molecular flexibility index (Phi) is 3.34. The standard InChI is InChI=1S/C11H14N4O2/c1-15(8-2-4-12-5-3-8)11(17)9-6-14-10(16)7-13-9/h2-5,9,13H,6-7H2,1H3,(H,14,16). The van der Waals surface area contributed by atoms with Crippen molar-refractivity contribution in [3.05, 3.63) is 24.5 Å². The number of likely N-dealkylation sites (N-methyl/N-ethyl adjacent to an activating group) is 1. The molecule has 6 nitrogen and oxygen atoms in total. The quantitative estimate of drug-likeness (QED) is 0.698. The number of aromatic nitrogens is 1. The summed E-state index contributed by atoms with van der Waals surface area (Å²) < 4.78 is 0. The lowest BCUT2D eigenvalue weighted by molar-refractivity contribution is -0.125. The molecule has 1 aliphatic heterocycles. The van der Waals surface area contributed by atoms with Crippen molar-refractivity contribution in [2.24, 2.45) is 0 Å². The molecule has 1 unspecified atom stereocenters. The monoisotopic (exact) mass is 234 g/mol. The number of hydrogen-bond donors (Lipinski definition) is 2.